The number of likely N-dealkylation sites (N-methyl/N-ethyl adjacent to an activating group) is 1. The predicted octanol–water partition coefficient (Wildman–Crippen LogP) is 3.10. The summed E-state index contributed by atoms with van der Waals surface area (Å²) >= 11 is 0. The van der Waals surface area contributed by atoms with Crippen molar-refractivity contribution in [2.24, 2.45) is 0 Å². The summed E-state index contributed by atoms with van der Waals surface area (Å²) in [6.45, 7) is 0.124. The zero-order valence-corrected chi connectivity index (χ0v) is 22.8. The van der Waals surface area contributed by atoms with E-state index >= 15 is 0 Å². The maximum atomic E-state index is 14.3. The van der Waals surface area contributed by atoms with Crippen molar-refractivity contribution in [3.63, 3.8) is 0 Å². The Hall–Kier alpha value is -4.49. The topological polar surface area (TPSA) is 119 Å². The van der Waals surface area contributed by atoms with Gasteiger partial charge in [-0.05, 0) is 62.1 Å². The van der Waals surface area contributed by atoms with E-state index < -0.39 is 46.0 Å². The van der Waals surface area contributed by atoms with Crippen LogP contribution in [-0.4, -0.2) is 82.4 Å². The highest BCUT2D eigenvalue weighted by molar-refractivity contribution is 6.02. The van der Waals surface area contributed by atoms with E-state index in [-0.39, 0.29) is 44.7 Å². The maximum absolute atomic E-state index is 14.3. The van der Waals surface area contributed by atoms with Gasteiger partial charge in [-0.1, -0.05) is 0 Å². The van der Waals surface area contributed by atoms with Gasteiger partial charge in [0.15, 0.2) is 0 Å². The van der Waals surface area contributed by atoms with Crippen LogP contribution in [0.2, 0.25) is 0 Å². The number of carbonyl (C=O) groups is 4. The van der Waals surface area contributed by atoms with E-state index in [1.165, 1.54) is 14.7 Å². The summed E-state index contributed by atoms with van der Waals surface area (Å²) in [6, 6.07) is 6.69. The molecule has 222 valence electrons. The third-order valence-electron chi connectivity index (χ3n) is 8.00. The second kappa shape index (κ2) is 10.4. The lowest BCUT2D eigenvalue weighted by Gasteiger charge is -2.47. The van der Waals surface area contributed by atoms with Crippen molar-refractivity contribution in [3.8, 4) is 0 Å². The van der Waals surface area contributed by atoms with Gasteiger partial charge in [-0.15, -0.1) is 0 Å². The second-order valence-corrected chi connectivity index (χ2v) is 10.9. The molecule has 2 aromatic carbocycles. The number of carbonyl (C=O) groups excluding carboxylic acids is 4. The first kappa shape index (κ1) is 29.0. The first-order valence-corrected chi connectivity index (χ1v) is 13.2. The molecular weight excluding hydrogens is 560 g/mol. The summed E-state index contributed by atoms with van der Waals surface area (Å²) in [5, 5.41) is 10.0. The zero-order chi connectivity index (χ0) is 30.4. The molecule has 0 radical (unpaired) electrons. The van der Waals surface area contributed by atoms with Gasteiger partial charge in [0.1, 0.15) is 16.9 Å². The molecule has 2 heterocycles. The minimum Gasteiger partial charge on any atom is -0.347 e. The van der Waals surface area contributed by atoms with Gasteiger partial charge < -0.3 is 15.1 Å². The fourth-order valence-corrected chi connectivity index (χ4v) is 5.52. The summed E-state index contributed by atoms with van der Waals surface area (Å²) in [6.07, 6.45) is -1.97. The van der Waals surface area contributed by atoms with Crippen molar-refractivity contribution in [1.82, 2.24) is 25.3 Å². The molecule has 0 unspecified atom stereocenters. The molecule has 2 aliphatic rings. The fraction of sp³-hybridized carbons (Fsp3) is 0.393. The lowest BCUT2D eigenvalue weighted by Crippen LogP contribution is -2.64. The van der Waals surface area contributed by atoms with Crippen LogP contribution in [0, 0.1) is 5.82 Å². The van der Waals surface area contributed by atoms with E-state index in [1.54, 1.807) is 38.5 Å². The molecule has 0 atom stereocenters. The molecule has 0 spiro atoms. The lowest BCUT2D eigenvalue weighted by molar-refractivity contribution is -0.142. The average molecular weight is 589 g/mol. The molecule has 1 saturated heterocycles. The van der Waals surface area contributed by atoms with Crippen molar-refractivity contribution in [1.29, 1.82) is 0 Å². The Labute approximate surface area is 237 Å². The highest BCUT2D eigenvalue weighted by Gasteiger charge is 2.56. The number of hydrogen-bond acceptors (Lipinski definition) is 5. The van der Waals surface area contributed by atoms with Crippen LogP contribution in [0.5, 0.6) is 0 Å². The van der Waals surface area contributed by atoms with Crippen LogP contribution in [-0.2, 0) is 20.6 Å². The first-order chi connectivity index (χ1) is 19.8. The molecule has 14 heteroatoms. The van der Waals surface area contributed by atoms with Crippen molar-refractivity contribution >= 4 is 40.7 Å². The van der Waals surface area contributed by atoms with Gasteiger partial charge in [0, 0.05) is 38.3 Å². The molecule has 1 aromatic heterocycles. The number of aromatic nitrogens is 2. The SMILES string of the molecule is CN(C)C(=O)C1(N(C=O)c2ccc3[nH]ncc3c2)CCN(C(=O)C2(NC(=O)c3cc(C(F)(F)F)ccc3F)CC2)CC1. The van der Waals surface area contributed by atoms with Crippen molar-refractivity contribution < 1.29 is 36.7 Å². The summed E-state index contributed by atoms with van der Waals surface area (Å²) in [5.74, 6) is -3.08. The van der Waals surface area contributed by atoms with Crippen LogP contribution in [0.3, 0.4) is 0 Å². The summed E-state index contributed by atoms with van der Waals surface area (Å²) < 4.78 is 53.7. The van der Waals surface area contributed by atoms with Crippen LogP contribution in [0.1, 0.15) is 41.6 Å². The van der Waals surface area contributed by atoms with Gasteiger partial charge in [0.2, 0.25) is 18.2 Å². The number of nitrogens with zero attached hydrogens (tertiary/aromatic N) is 4. The minimum absolute atomic E-state index is 0.0618. The van der Waals surface area contributed by atoms with Crippen LogP contribution in [0.25, 0.3) is 10.9 Å². The van der Waals surface area contributed by atoms with Crippen molar-refractivity contribution in [3.05, 3.63) is 59.5 Å². The third-order valence-corrected chi connectivity index (χ3v) is 8.00. The van der Waals surface area contributed by atoms with Gasteiger partial charge in [-0.3, -0.25) is 29.2 Å². The number of hydrogen-bond donors (Lipinski definition) is 2. The largest absolute Gasteiger partial charge is 0.416 e. The Bertz CT molecular complexity index is 1560. The quantitative estimate of drug-likeness (QED) is 0.325. The second-order valence-electron chi connectivity index (χ2n) is 10.9. The van der Waals surface area contributed by atoms with Gasteiger partial charge in [0.05, 0.1) is 22.8 Å². The molecule has 1 aliphatic carbocycles. The number of alkyl halides is 3. The Balaban J connectivity index is 1.35. The van der Waals surface area contributed by atoms with Crippen molar-refractivity contribution in [2.75, 3.05) is 32.1 Å². The molecule has 2 fully saturated rings. The van der Waals surface area contributed by atoms with Crippen LogP contribution in [0.15, 0.2) is 42.6 Å². The highest BCUT2D eigenvalue weighted by Crippen LogP contribution is 2.41. The number of benzene rings is 2. The normalized spacial score (nSPS) is 17.4. The number of aromatic amines is 1. The lowest BCUT2D eigenvalue weighted by atomic mass is 9.83. The Morgan fingerprint density at radius 2 is 1.74 bits per heavy atom. The fourth-order valence-electron chi connectivity index (χ4n) is 5.52. The summed E-state index contributed by atoms with van der Waals surface area (Å²) in [5.41, 5.74) is -3.47. The average Bonchev–Trinajstić information content (AvgIpc) is 3.58. The zero-order valence-electron chi connectivity index (χ0n) is 22.8. The van der Waals surface area contributed by atoms with Gasteiger partial charge in [-0.25, -0.2) is 4.39 Å². The molecule has 42 heavy (non-hydrogen) atoms. The number of piperidine rings is 1. The van der Waals surface area contributed by atoms with E-state index in [9.17, 15) is 36.7 Å². The van der Waals surface area contributed by atoms with E-state index in [2.05, 4.69) is 15.5 Å². The molecule has 0 bridgehead atoms. The minimum atomic E-state index is -4.78. The predicted molar refractivity (Wildman–Crippen MR) is 143 cm³/mol. The van der Waals surface area contributed by atoms with Gasteiger partial charge in [-0.2, -0.15) is 18.3 Å². The Morgan fingerprint density at radius 1 is 1.05 bits per heavy atom. The number of fused-ring (bicyclic) bond motifs is 1. The van der Waals surface area contributed by atoms with E-state index in [0.29, 0.717) is 30.3 Å². The monoisotopic (exact) mass is 588 g/mol. The molecular formula is C28H28F4N6O4. The number of nitrogens with one attached hydrogen (secondary N) is 2. The number of rotatable bonds is 7. The van der Waals surface area contributed by atoms with E-state index in [4.69, 9.17) is 0 Å². The molecule has 1 aliphatic heterocycles. The molecule has 4 amide bonds. The number of halogens is 4. The number of amides is 4. The van der Waals surface area contributed by atoms with E-state index in [0.717, 1.165) is 10.9 Å². The van der Waals surface area contributed by atoms with Gasteiger partial charge >= 0.3 is 6.18 Å². The Morgan fingerprint density at radius 3 is 2.33 bits per heavy atom. The molecule has 10 nitrogen and oxygen atoms in total. The number of anilines is 1. The van der Waals surface area contributed by atoms with E-state index in [1.807, 2.05) is 0 Å². The molecule has 2 N–H and O–H groups in total. The Kier molecular flexibility index (Phi) is 7.19. The third kappa shape index (κ3) is 5.05. The standard InChI is InChI=1S/C28H28F4N6O4/c1-36(2)25(42)27(38(16-39)19-4-6-22-17(13-19)15-33-35-22)9-11-37(12-10-27)24(41)26(7-8-26)34-23(40)20-14-18(28(30,31)32)3-5-21(20)29/h3-6,13-16H,7-12H2,1-2H3,(H,33,35)(H,34,40). The first-order valence-electron chi connectivity index (χ1n) is 13.2. The van der Waals surface area contributed by atoms with Crippen LogP contribution < -0.4 is 10.2 Å². The number of H-pyrrole nitrogens is 1. The summed E-state index contributed by atoms with van der Waals surface area (Å²) in [4.78, 5) is 56.6. The number of likely N-dealkylation sites (tertiary alicyclic amines) is 1. The molecule has 1 saturated carbocycles. The maximum Gasteiger partial charge on any atom is 0.416 e. The summed E-state index contributed by atoms with van der Waals surface area (Å²) in [7, 11) is 3.15. The van der Waals surface area contributed by atoms with Crippen LogP contribution >= 0.6 is 0 Å². The smallest absolute Gasteiger partial charge is 0.347 e. The molecule has 3 aromatic rings. The van der Waals surface area contributed by atoms with Gasteiger partial charge in [0.25, 0.3) is 5.91 Å². The van der Waals surface area contributed by atoms with Crippen molar-refractivity contribution in [2.45, 2.75) is 42.9 Å². The highest BCUT2D eigenvalue weighted by atomic mass is 19.4. The van der Waals surface area contributed by atoms with Crippen LogP contribution in [0.4, 0.5) is 23.2 Å². The molecule has 5 rings (SSSR count).